The first-order valence-corrected chi connectivity index (χ1v) is 10.3. The third-order valence-corrected chi connectivity index (χ3v) is 4.67. The van der Waals surface area contributed by atoms with Crippen LogP contribution in [0, 0.1) is 0 Å². The van der Waals surface area contributed by atoms with E-state index in [0.717, 1.165) is 16.5 Å². The lowest BCUT2D eigenvalue weighted by atomic mass is 10.1. The molecule has 1 saturated heterocycles. The number of carbonyl (C=O) groups is 3. The van der Waals surface area contributed by atoms with E-state index in [2.05, 4.69) is 0 Å². The van der Waals surface area contributed by atoms with Gasteiger partial charge in [-0.1, -0.05) is 30.3 Å². The number of amides is 1. The highest BCUT2D eigenvalue weighted by atomic mass is 19.1. The minimum Gasteiger partial charge on any atom is -0.458 e. The summed E-state index contributed by atoms with van der Waals surface area (Å²) in [6.45, 7) is 4.75. The number of ether oxygens (including phenoxy) is 4. The predicted octanol–water partition coefficient (Wildman–Crippen LogP) is 1.75. The SMILES string of the molecule is CC(C)(C)OC(=O)C(O)C1OCCN(C2C=C(C(=O)OCc3ccccc3)C=C(F)O2)C1=O. The Morgan fingerprint density at radius 1 is 1.27 bits per heavy atom. The van der Waals surface area contributed by atoms with E-state index in [-0.39, 0.29) is 25.3 Å². The summed E-state index contributed by atoms with van der Waals surface area (Å²) in [6.07, 6.45) is -2.65. The smallest absolute Gasteiger partial charge is 0.338 e. The van der Waals surface area contributed by atoms with Crippen LogP contribution in [0.3, 0.4) is 0 Å². The molecule has 0 aliphatic carbocycles. The van der Waals surface area contributed by atoms with Gasteiger partial charge in [0.05, 0.1) is 12.2 Å². The van der Waals surface area contributed by atoms with Crippen molar-refractivity contribution < 1.29 is 42.8 Å². The summed E-state index contributed by atoms with van der Waals surface area (Å²) >= 11 is 0. The minimum atomic E-state index is -1.89. The highest BCUT2D eigenvalue weighted by Crippen LogP contribution is 2.25. The first-order chi connectivity index (χ1) is 15.5. The molecule has 178 valence electrons. The zero-order chi connectivity index (χ0) is 24.2. The number of aliphatic hydroxyl groups is 1. The van der Waals surface area contributed by atoms with E-state index in [1.54, 1.807) is 45.0 Å². The zero-order valence-corrected chi connectivity index (χ0v) is 18.5. The molecule has 9 nitrogen and oxygen atoms in total. The molecule has 2 heterocycles. The molecule has 0 aromatic heterocycles. The molecule has 3 atom stereocenters. The highest BCUT2D eigenvalue weighted by Gasteiger charge is 2.43. The number of morpholine rings is 1. The van der Waals surface area contributed by atoms with Gasteiger partial charge in [-0.3, -0.25) is 9.69 Å². The van der Waals surface area contributed by atoms with E-state index in [1.165, 1.54) is 6.08 Å². The summed E-state index contributed by atoms with van der Waals surface area (Å²) in [6, 6.07) is 7.86. The van der Waals surface area contributed by atoms with Gasteiger partial charge in [0.1, 0.15) is 12.2 Å². The van der Waals surface area contributed by atoms with Gasteiger partial charge in [0.15, 0.2) is 18.4 Å². The number of esters is 2. The molecule has 1 aromatic carbocycles. The van der Waals surface area contributed by atoms with Gasteiger partial charge in [-0.15, -0.1) is 0 Å². The number of halogens is 1. The maximum absolute atomic E-state index is 14.2. The summed E-state index contributed by atoms with van der Waals surface area (Å²) in [7, 11) is 0. The summed E-state index contributed by atoms with van der Waals surface area (Å²) in [5.74, 6) is -2.64. The summed E-state index contributed by atoms with van der Waals surface area (Å²) in [5, 5.41) is 10.3. The maximum Gasteiger partial charge on any atom is 0.338 e. The van der Waals surface area contributed by atoms with Crippen LogP contribution in [0.25, 0.3) is 0 Å². The molecule has 0 saturated carbocycles. The molecule has 0 bridgehead atoms. The maximum atomic E-state index is 14.2. The third kappa shape index (κ3) is 6.39. The lowest BCUT2D eigenvalue weighted by molar-refractivity contribution is -0.190. The van der Waals surface area contributed by atoms with Crippen LogP contribution in [0.1, 0.15) is 26.3 Å². The van der Waals surface area contributed by atoms with Gasteiger partial charge in [0, 0.05) is 12.6 Å². The van der Waals surface area contributed by atoms with E-state index in [0.29, 0.717) is 0 Å². The number of benzene rings is 1. The van der Waals surface area contributed by atoms with Gasteiger partial charge in [0.25, 0.3) is 11.9 Å². The number of nitrogens with zero attached hydrogens (tertiary/aromatic N) is 1. The Bertz CT molecular complexity index is 953. The van der Waals surface area contributed by atoms with Gasteiger partial charge < -0.3 is 24.1 Å². The fourth-order valence-electron chi connectivity index (χ4n) is 3.18. The molecule has 0 radical (unpaired) electrons. The van der Waals surface area contributed by atoms with Gasteiger partial charge in [-0.25, -0.2) is 9.59 Å². The molecule has 1 fully saturated rings. The van der Waals surface area contributed by atoms with Crippen LogP contribution in [0.4, 0.5) is 4.39 Å². The molecule has 2 aliphatic heterocycles. The van der Waals surface area contributed by atoms with Crippen molar-refractivity contribution in [3.8, 4) is 0 Å². The molecule has 3 unspecified atom stereocenters. The lowest BCUT2D eigenvalue weighted by Gasteiger charge is -2.38. The third-order valence-electron chi connectivity index (χ3n) is 4.67. The van der Waals surface area contributed by atoms with Crippen LogP contribution in [-0.2, 0) is 39.9 Å². The molecule has 33 heavy (non-hydrogen) atoms. The van der Waals surface area contributed by atoms with Gasteiger partial charge >= 0.3 is 11.9 Å². The van der Waals surface area contributed by atoms with Crippen LogP contribution < -0.4 is 0 Å². The number of rotatable bonds is 6. The Labute approximate surface area is 190 Å². The Balaban J connectivity index is 1.70. The topological polar surface area (TPSA) is 112 Å². The fraction of sp³-hybridized carbons (Fsp3) is 0.435. The molecule has 10 heteroatoms. The number of carbonyl (C=O) groups excluding carboxylic acids is 3. The predicted molar refractivity (Wildman–Crippen MR) is 112 cm³/mol. The standard InChI is InChI=1S/C23H26FNO8/c1-23(2,3)33-22(29)18(26)19-20(27)25(9-10-30-19)17-12-15(11-16(24)32-17)21(28)31-13-14-7-5-4-6-8-14/h4-8,11-12,17-19,26H,9-10,13H2,1-3H3. The molecule has 1 N–H and O–H groups in total. The minimum absolute atomic E-state index is 0.0152. The molecule has 3 rings (SSSR count). The summed E-state index contributed by atoms with van der Waals surface area (Å²) < 4.78 is 34.8. The Hall–Kier alpha value is -3.24. The first kappa shape index (κ1) is 24.4. The van der Waals surface area contributed by atoms with Crippen molar-refractivity contribution >= 4 is 17.8 Å². The van der Waals surface area contributed by atoms with E-state index < -0.39 is 47.9 Å². The second-order valence-corrected chi connectivity index (χ2v) is 8.44. The van der Waals surface area contributed by atoms with Gasteiger partial charge in [-0.05, 0) is 32.4 Å². The molecular weight excluding hydrogens is 437 g/mol. The van der Waals surface area contributed by atoms with Crippen molar-refractivity contribution in [2.75, 3.05) is 13.2 Å². The second-order valence-electron chi connectivity index (χ2n) is 8.44. The average Bonchev–Trinajstić information content (AvgIpc) is 2.76. The molecule has 1 amide bonds. The summed E-state index contributed by atoms with van der Waals surface area (Å²) in [5.41, 5.74) is -0.266. The number of hydrogen-bond donors (Lipinski definition) is 1. The number of aliphatic hydroxyl groups excluding tert-OH is 1. The van der Waals surface area contributed by atoms with Crippen molar-refractivity contribution in [1.82, 2.24) is 4.90 Å². The normalized spacial score (nSPS) is 22.0. The average molecular weight is 463 g/mol. The molecule has 2 aliphatic rings. The first-order valence-electron chi connectivity index (χ1n) is 10.3. The Morgan fingerprint density at radius 2 is 1.97 bits per heavy atom. The lowest BCUT2D eigenvalue weighted by Crippen LogP contribution is -2.58. The van der Waals surface area contributed by atoms with Crippen LogP contribution in [0.5, 0.6) is 0 Å². The van der Waals surface area contributed by atoms with Crippen LogP contribution in [-0.4, -0.2) is 65.0 Å². The van der Waals surface area contributed by atoms with E-state index in [1.807, 2.05) is 6.07 Å². The van der Waals surface area contributed by atoms with E-state index in [9.17, 15) is 23.9 Å². The molecule has 1 aromatic rings. The van der Waals surface area contributed by atoms with Crippen LogP contribution in [0.2, 0.25) is 0 Å². The fourth-order valence-corrected chi connectivity index (χ4v) is 3.18. The van der Waals surface area contributed by atoms with Gasteiger partial charge in [-0.2, -0.15) is 4.39 Å². The number of hydrogen-bond acceptors (Lipinski definition) is 8. The van der Waals surface area contributed by atoms with E-state index in [4.69, 9.17) is 18.9 Å². The van der Waals surface area contributed by atoms with Crippen LogP contribution in [0.15, 0.2) is 54.1 Å². The Kier molecular flexibility index (Phi) is 7.50. The van der Waals surface area contributed by atoms with Crippen molar-refractivity contribution in [1.29, 1.82) is 0 Å². The second kappa shape index (κ2) is 10.1. The van der Waals surface area contributed by atoms with Crippen molar-refractivity contribution in [3.05, 3.63) is 59.6 Å². The largest absolute Gasteiger partial charge is 0.458 e. The zero-order valence-electron chi connectivity index (χ0n) is 18.5. The molecular formula is C23H26FNO8. The van der Waals surface area contributed by atoms with Crippen molar-refractivity contribution in [2.45, 2.75) is 51.4 Å². The van der Waals surface area contributed by atoms with Crippen molar-refractivity contribution in [3.63, 3.8) is 0 Å². The quantitative estimate of drug-likeness (QED) is 0.636. The Morgan fingerprint density at radius 3 is 2.64 bits per heavy atom. The van der Waals surface area contributed by atoms with Crippen molar-refractivity contribution in [2.24, 2.45) is 0 Å². The van der Waals surface area contributed by atoms with Crippen LogP contribution >= 0.6 is 0 Å². The summed E-state index contributed by atoms with van der Waals surface area (Å²) in [4.78, 5) is 38.6. The molecule has 0 spiro atoms. The van der Waals surface area contributed by atoms with E-state index >= 15 is 0 Å². The highest BCUT2D eigenvalue weighted by molar-refractivity contribution is 5.92. The van der Waals surface area contributed by atoms with Gasteiger partial charge in [0.2, 0.25) is 0 Å². The monoisotopic (exact) mass is 463 g/mol.